The van der Waals surface area contributed by atoms with Crippen LogP contribution in [0.2, 0.25) is 0 Å². The number of hydrogen-bond donors (Lipinski definition) is 0. The molecule has 0 radical (unpaired) electrons. The van der Waals surface area contributed by atoms with Crippen LogP contribution < -0.4 is 4.74 Å². The lowest BCUT2D eigenvalue weighted by Crippen LogP contribution is -2.15. The average Bonchev–Trinajstić information content (AvgIpc) is 2.79. The second-order valence-electron chi connectivity index (χ2n) is 4.84. The molecule has 21 heavy (non-hydrogen) atoms. The van der Waals surface area contributed by atoms with Gasteiger partial charge in [-0.2, -0.15) is 5.10 Å². The predicted octanol–water partition coefficient (Wildman–Crippen LogP) is 3.32. The highest BCUT2D eigenvalue weighted by atomic mass is 16.5. The van der Waals surface area contributed by atoms with Crippen molar-refractivity contribution in [1.82, 2.24) is 9.78 Å². The van der Waals surface area contributed by atoms with Crippen molar-refractivity contribution in [3.63, 3.8) is 0 Å². The number of carbonyl (C=O) groups excluding carboxylic acids is 1. The molecular weight excluding hydrogens is 264 g/mol. The van der Waals surface area contributed by atoms with Gasteiger partial charge in [-0.1, -0.05) is 19.6 Å². The summed E-state index contributed by atoms with van der Waals surface area (Å²) in [6.45, 7) is 9.98. The van der Waals surface area contributed by atoms with Crippen molar-refractivity contribution in [1.29, 1.82) is 0 Å². The van der Waals surface area contributed by atoms with E-state index in [1.165, 1.54) is 4.68 Å². The molecule has 0 spiro atoms. The van der Waals surface area contributed by atoms with E-state index in [1.54, 1.807) is 30.3 Å². The minimum atomic E-state index is -0.120. The van der Waals surface area contributed by atoms with Gasteiger partial charge >= 0.3 is 0 Å². The van der Waals surface area contributed by atoms with Gasteiger partial charge in [0.05, 0.1) is 5.69 Å². The first kappa shape index (κ1) is 15.0. The number of carbonyl (C=O) groups is 1. The first-order valence-corrected chi connectivity index (χ1v) is 7.02. The van der Waals surface area contributed by atoms with E-state index in [4.69, 9.17) is 4.74 Å². The third-order valence-electron chi connectivity index (χ3n) is 3.46. The second-order valence-corrected chi connectivity index (χ2v) is 4.84. The zero-order chi connectivity index (χ0) is 15.4. The molecule has 0 fully saturated rings. The van der Waals surface area contributed by atoms with Gasteiger partial charge in [0.25, 0.3) is 5.91 Å². The van der Waals surface area contributed by atoms with Gasteiger partial charge in [-0.3, -0.25) is 4.79 Å². The van der Waals surface area contributed by atoms with Crippen LogP contribution in [0.15, 0.2) is 36.9 Å². The lowest BCUT2D eigenvalue weighted by molar-refractivity contribution is 0.0942. The Hall–Kier alpha value is -2.36. The zero-order valence-electron chi connectivity index (χ0n) is 12.7. The van der Waals surface area contributed by atoms with Crippen molar-refractivity contribution >= 4 is 5.91 Å². The molecule has 1 aromatic heterocycles. The second kappa shape index (κ2) is 6.39. The molecule has 0 aliphatic rings. The van der Waals surface area contributed by atoms with Crippen LogP contribution >= 0.6 is 0 Å². The lowest BCUT2D eigenvalue weighted by atomic mass is 10.1. The Kier molecular flexibility index (Phi) is 4.58. The quantitative estimate of drug-likeness (QED) is 0.791. The van der Waals surface area contributed by atoms with Crippen molar-refractivity contribution in [3.05, 3.63) is 59.4 Å². The molecule has 0 aliphatic heterocycles. The summed E-state index contributed by atoms with van der Waals surface area (Å²) in [4.78, 5) is 12.5. The van der Waals surface area contributed by atoms with Gasteiger partial charge < -0.3 is 4.74 Å². The molecule has 0 atom stereocenters. The van der Waals surface area contributed by atoms with E-state index in [1.807, 2.05) is 13.8 Å². The minimum absolute atomic E-state index is 0.120. The summed E-state index contributed by atoms with van der Waals surface area (Å²) < 4.78 is 6.89. The highest BCUT2D eigenvalue weighted by molar-refractivity contribution is 5.96. The Morgan fingerprint density at radius 2 is 2.00 bits per heavy atom. The van der Waals surface area contributed by atoms with E-state index in [9.17, 15) is 4.79 Å². The molecule has 2 aromatic rings. The Morgan fingerprint density at radius 3 is 2.52 bits per heavy atom. The van der Waals surface area contributed by atoms with Gasteiger partial charge in [-0.05, 0) is 50.1 Å². The Morgan fingerprint density at radius 1 is 1.33 bits per heavy atom. The summed E-state index contributed by atoms with van der Waals surface area (Å²) in [6.07, 6.45) is 2.56. The third kappa shape index (κ3) is 3.05. The number of ether oxygens (including phenoxy) is 1. The number of rotatable bonds is 5. The summed E-state index contributed by atoms with van der Waals surface area (Å²) in [5.41, 5.74) is 3.55. The van der Waals surface area contributed by atoms with E-state index in [0.717, 1.165) is 23.4 Å². The molecule has 0 unspecified atom stereocenters. The smallest absolute Gasteiger partial charge is 0.278 e. The fraction of sp³-hybridized carbons (Fsp3) is 0.294. The minimum Gasteiger partial charge on any atom is -0.490 e. The summed E-state index contributed by atoms with van der Waals surface area (Å²) in [5.74, 6) is 0.597. The van der Waals surface area contributed by atoms with E-state index >= 15 is 0 Å². The number of nitrogens with zero attached hydrogens (tertiary/aromatic N) is 2. The highest BCUT2D eigenvalue weighted by Crippen LogP contribution is 2.17. The molecule has 0 bridgehead atoms. The fourth-order valence-electron chi connectivity index (χ4n) is 2.36. The van der Waals surface area contributed by atoms with Crippen LogP contribution in [0.3, 0.4) is 0 Å². The standard InChI is InChI=1S/C17H20N2O2/c1-5-11-21-15-9-7-14(8-10-15)17(20)19-13(4)16(6-2)12(3)18-19/h5,7-10H,1,6,11H2,2-4H3. The van der Waals surface area contributed by atoms with E-state index in [-0.39, 0.29) is 5.91 Å². The van der Waals surface area contributed by atoms with Crippen LogP contribution in [0, 0.1) is 13.8 Å². The van der Waals surface area contributed by atoms with Crippen molar-refractivity contribution in [3.8, 4) is 5.75 Å². The molecule has 1 heterocycles. The molecule has 2 rings (SSSR count). The maximum Gasteiger partial charge on any atom is 0.278 e. The molecule has 0 saturated carbocycles. The molecule has 0 saturated heterocycles. The van der Waals surface area contributed by atoms with Crippen molar-refractivity contribution in [2.45, 2.75) is 27.2 Å². The first-order chi connectivity index (χ1) is 10.1. The summed E-state index contributed by atoms with van der Waals surface area (Å²) in [5, 5.41) is 4.35. The highest BCUT2D eigenvalue weighted by Gasteiger charge is 2.16. The van der Waals surface area contributed by atoms with E-state index in [2.05, 4.69) is 18.6 Å². The fourth-order valence-corrected chi connectivity index (χ4v) is 2.36. The maximum atomic E-state index is 12.5. The van der Waals surface area contributed by atoms with Crippen LogP contribution in [0.4, 0.5) is 0 Å². The van der Waals surface area contributed by atoms with Gasteiger partial charge in [-0.15, -0.1) is 0 Å². The van der Waals surface area contributed by atoms with Crippen molar-refractivity contribution < 1.29 is 9.53 Å². The van der Waals surface area contributed by atoms with E-state index < -0.39 is 0 Å². The maximum absolute atomic E-state index is 12.5. The monoisotopic (exact) mass is 284 g/mol. The van der Waals surface area contributed by atoms with Crippen LogP contribution in [0.1, 0.15) is 34.2 Å². The molecule has 4 nitrogen and oxygen atoms in total. The Balaban J connectivity index is 2.26. The Labute approximate surface area is 125 Å². The molecular formula is C17H20N2O2. The lowest BCUT2D eigenvalue weighted by Gasteiger charge is -2.06. The third-order valence-corrected chi connectivity index (χ3v) is 3.46. The SMILES string of the molecule is C=CCOc1ccc(C(=O)n2nc(C)c(CC)c2C)cc1. The molecule has 4 heteroatoms. The van der Waals surface area contributed by atoms with Gasteiger partial charge in [0, 0.05) is 11.3 Å². The number of hydrogen-bond acceptors (Lipinski definition) is 3. The number of benzene rings is 1. The van der Waals surface area contributed by atoms with Gasteiger partial charge in [0.2, 0.25) is 0 Å². The van der Waals surface area contributed by atoms with Gasteiger partial charge in [0.15, 0.2) is 0 Å². The summed E-state index contributed by atoms with van der Waals surface area (Å²) >= 11 is 0. The van der Waals surface area contributed by atoms with Crippen LogP contribution in [0.25, 0.3) is 0 Å². The molecule has 1 aromatic carbocycles. The molecule has 110 valence electrons. The predicted molar refractivity (Wildman–Crippen MR) is 82.9 cm³/mol. The number of aromatic nitrogens is 2. The molecule has 0 aliphatic carbocycles. The van der Waals surface area contributed by atoms with Crippen molar-refractivity contribution in [2.75, 3.05) is 6.61 Å². The molecule has 0 amide bonds. The van der Waals surface area contributed by atoms with Gasteiger partial charge in [0.1, 0.15) is 12.4 Å². The van der Waals surface area contributed by atoms with Crippen LogP contribution in [-0.4, -0.2) is 22.3 Å². The Bertz CT molecular complexity index is 654. The van der Waals surface area contributed by atoms with Crippen molar-refractivity contribution in [2.24, 2.45) is 0 Å². The van der Waals surface area contributed by atoms with Gasteiger partial charge in [-0.25, -0.2) is 4.68 Å². The largest absolute Gasteiger partial charge is 0.490 e. The normalized spacial score (nSPS) is 10.4. The van der Waals surface area contributed by atoms with Crippen LogP contribution in [-0.2, 0) is 6.42 Å². The van der Waals surface area contributed by atoms with Crippen LogP contribution in [0.5, 0.6) is 5.75 Å². The first-order valence-electron chi connectivity index (χ1n) is 7.02. The summed E-state index contributed by atoms with van der Waals surface area (Å²) in [7, 11) is 0. The number of aryl methyl sites for hydroxylation is 1. The average molecular weight is 284 g/mol. The van der Waals surface area contributed by atoms with E-state index in [0.29, 0.717) is 17.9 Å². The zero-order valence-corrected chi connectivity index (χ0v) is 12.7. The summed E-state index contributed by atoms with van der Waals surface area (Å²) in [6, 6.07) is 7.07. The topological polar surface area (TPSA) is 44.1 Å². The molecule has 0 N–H and O–H groups in total.